The van der Waals surface area contributed by atoms with Crippen molar-refractivity contribution in [1.29, 1.82) is 0 Å². The van der Waals surface area contributed by atoms with Crippen molar-refractivity contribution in [3.8, 4) is 5.75 Å². The quantitative estimate of drug-likeness (QED) is 0.617. The van der Waals surface area contributed by atoms with Crippen molar-refractivity contribution in [3.63, 3.8) is 0 Å². The second kappa shape index (κ2) is 9.30. The molecule has 0 heterocycles. The van der Waals surface area contributed by atoms with Crippen LogP contribution >= 0.6 is 31.9 Å². The lowest BCUT2D eigenvalue weighted by atomic mass is 10.2. The zero-order valence-corrected chi connectivity index (χ0v) is 15.4. The molecule has 0 aliphatic heterocycles. The molecule has 0 aromatic heterocycles. The maximum atomic E-state index is 8.77. The molecule has 0 aliphatic carbocycles. The van der Waals surface area contributed by atoms with Crippen molar-refractivity contribution in [2.75, 3.05) is 13.2 Å². The van der Waals surface area contributed by atoms with Crippen LogP contribution in [-0.4, -0.2) is 18.3 Å². The van der Waals surface area contributed by atoms with Crippen LogP contribution in [0, 0.1) is 0 Å². The summed E-state index contributed by atoms with van der Waals surface area (Å²) in [5.41, 5.74) is 2.29. The minimum absolute atomic E-state index is 0.215. The molecule has 0 fully saturated rings. The van der Waals surface area contributed by atoms with Gasteiger partial charge in [-0.2, -0.15) is 0 Å². The molecule has 0 spiro atoms. The number of halogens is 2. The van der Waals surface area contributed by atoms with Crippen LogP contribution in [0.1, 0.15) is 17.5 Å². The Morgan fingerprint density at radius 2 is 1.68 bits per heavy atom. The highest BCUT2D eigenvalue weighted by Gasteiger charge is 2.09. The Morgan fingerprint density at radius 1 is 1.00 bits per heavy atom. The van der Waals surface area contributed by atoms with Crippen molar-refractivity contribution in [3.05, 3.63) is 62.5 Å². The normalized spacial score (nSPS) is 10.7. The number of ether oxygens (including phenoxy) is 1. The van der Waals surface area contributed by atoms with Gasteiger partial charge in [0.15, 0.2) is 0 Å². The minimum atomic E-state index is 0.215. The van der Waals surface area contributed by atoms with E-state index in [1.165, 1.54) is 0 Å². The van der Waals surface area contributed by atoms with Crippen molar-refractivity contribution in [1.82, 2.24) is 5.32 Å². The lowest BCUT2D eigenvalue weighted by Crippen LogP contribution is -2.15. The summed E-state index contributed by atoms with van der Waals surface area (Å²) in [5.74, 6) is 0.808. The second-order valence-corrected chi connectivity index (χ2v) is 6.63. The Morgan fingerprint density at radius 3 is 2.32 bits per heavy atom. The monoisotopic (exact) mass is 427 g/mol. The van der Waals surface area contributed by atoms with Gasteiger partial charge in [-0.25, -0.2) is 0 Å². The first kappa shape index (κ1) is 17.5. The minimum Gasteiger partial charge on any atom is -0.487 e. The predicted molar refractivity (Wildman–Crippen MR) is 96.0 cm³/mol. The molecule has 3 nitrogen and oxygen atoms in total. The SMILES string of the molecule is OCCCNCc1cc(Br)c(OCc2ccccc2)c(Br)c1. The van der Waals surface area contributed by atoms with Crippen LogP contribution in [0.25, 0.3) is 0 Å². The molecule has 0 saturated carbocycles. The van der Waals surface area contributed by atoms with E-state index in [0.717, 1.165) is 45.3 Å². The van der Waals surface area contributed by atoms with Gasteiger partial charge in [-0.1, -0.05) is 30.3 Å². The van der Waals surface area contributed by atoms with Gasteiger partial charge in [0.05, 0.1) is 8.95 Å². The van der Waals surface area contributed by atoms with Crippen LogP contribution in [0.5, 0.6) is 5.75 Å². The Hall–Kier alpha value is -0.880. The Balaban J connectivity index is 1.97. The van der Waals surface area contributed by atoms with Gasteiger partial charge < -0.3 is 15.2 Å². The van der Waals surface area contributed by atoms with Gasteiger partial charge in [0.25, 0.3) is 0 Å². The summed E-state index contributed by atoms with van der Waals surface area (Å²) in [6.45, 7) is 2.31. The number of aliphatic hydroxyl groups is 1. The molecule has 22 heavy (non-hydrogen) atoms. The second-order valence-electron chi connectivity index (χ2n) is 4.92. The topological polar surface area (TPSA) is 41.5 Å². The van der Waals surface area contributed by atoms with Gasteiger partial charge >= 0.3 is 0 Å². The lowest BCUT2D eigenvalue weighted by Gasteiger charge is -2.13. The number of rotatable bonds is 8. The molecule has 0 bridgehead atoms. The summed E-state index contributed by atoms with van der Waals surface area (Å²) in [7, 11) is 0. The molecular weight excluding hydrogens is 410 g/mol. The molecule has 0 unspecified atom stereocenters. The fraction of sp³-hybridized carbons (Fsp3) is 0.294. The number of aliphatic hydroxyl groups excluding tert-OH is 1. The maximum Gasteiger partial charge on any atom is 0.148 e. The molecule has 118 valence electrons. The van der Waals surface area contributed by atoms with Crippen LogP contribution in [-0.2, 0) is 13.2 Å². The zero-order valence-electron chi connectivity index (χ0n) is 12.2. The van der Waals surface area contributed by atoms with E-state index >= 15 is 0 Å². The molecule has 0 amide bonds. The maximum absolute atomic E-state index is 8.77. The van der Waals surface area contributed by atoms with Gasteiger partial charge in [-0.05, 0) is 68.1 Å². The van der Waals surface area contributed by atoms with E-state index in [-0.39, 0.29) is 6.61 Å². The number of benzene rings is 2. The highest BCUT2D eigenvalue weighted by atomic mass is 79.9. The van der Waals surface area contributed by atoms with Crippen molar-refractivity contribution >= 4 is 31.9 Å². The first-order chi connectivity index (χ1) is 10.7. The van der Waals surface area contributed by atoms with Gasteiger partial charge in [0, 0.05) is 13.2 Å². The number of hydrogen-bond donors (Lipinski definition) is 2. The third-order valence-corrected chi connectivity index (χ3v) is 4.30. The molecule has 0 radical (unpaired) electrons. The smallest absolute Gasteiger partial charge is 0.148 e. The first-order valence-electron chi connectivity index (χ1n) is 7.17. The summed E-state index contributed by atoms with van der Waals surface area (Å²) in [5, 5.41) is 12.1. The molecule has 0 saturated heterocycles. The van der Waals surface area contributed by atoms with E-state index in [1.54, 1.807) is 0 Å². The molecule has 2 aromatic carbocycles. The Bertz CT molecular complexity index is 567. The highest BCUT2D eigenvalue weighted by Crippen LogP contribution is 2.35. The molecule has 0 aliphatic rings. The third kappa shape index (κ3) is 5.39. The van der Waals surface area contributed by atoms with E-state index < -0.39 is 0 Å². The van der Waals surface area contributed by atoms with Crippen LogP contribution < -0.4 is 10.1 Å². The van der Waals surface area contributed by atoms with Gasteiger partial charge in [0.1, 0.15) is 12.4 Å². The van der Waals surface area contributed by atoms with E-state index in [0.29, 0.717) is 6.61 Å². The van der Waals surface area contributed by atoms with Gasteiger partial charge in [-0.15, -0.1) is 0 Å². The molecule has 2 aromatic rings. The van der Waals surface area contributed by atoms with Crippen LogP contribution in [0.4, 0.5) is 0 Å². The van der Waals surface area contributed by atoms with Crippen LogP contribution in [0.3, 0.4) is 0 Å². The average Bonchev–Trinajstić information content (AvgIpc) is 2.52. The van der Waals surface area contributed by atoms with E-state index in [2.05, 4.69) is 49.3 Å². The fourth-order valence-electron chi connectivity index (χ4n) is 2.02. The third-order valence-electron chi connectivity index (χ3n) is 3.12. The zero-order chi connectivity index (χ0) is 15.8. The largest absolute Gasteiger partial charge is 0.487 e. The molecule has 2 N–H and O–H groups in total. The van der Waals surface area contributed by atoms with Crippen LogP contribution in [0.2, 0.25) is 0 Å². The van der Waals surface area contributed by atoms with E-state index in [4.69, 9.17) is 9.84 Å². The van der Waals surface area contributed by atoms with Crippen molar-refractivity contribution in [2.45, 2.75) is 19.6 Å². The summed E-state index contributed by atoms with van der Waals surface area (Å²) in [6, 6.07) is 14.2. The average molecular weight is 429 g/mol. The molecule has 2 rings (SSSR count). The summed E-state index contributed by atoms with van der Waals surface area (Å²) < 4.78 is 7.76. The van der Waals surface area contributed by atoms with Gasteiger partial charge in [0.2, 0.25) is 0 Å². The number of hydrogen-bond acceptors (Lipinski definition) is 3. The summed E-state index contributed by atoms with van der Waals surface area (Å²) in [4.78, 5) is 0. The van der Waals surface area contributed by atoms with Crippen molar-refractivity contribution < 1.29 is 9.84 Å². The molecular formula is C17H19Br2NO2. The summed E-state index contributed by atoms with van der Waals surface area (Å²) >= 11 is 7.14. The Labute approximate surface area is 148 Å². The molecule has 0 atom stereocenters. The lowest BCUT2D eigenvalue weighted by molar-refractivity contribution is 0.286. The van der Waals surface area contributed by atoms with Crippen molar-refractivity contribution in [2.24, 2.45) is 0 Å². The van der Waals surface area contributed by atoms with E-state index in [9.17, 15) is 0 Å². The fourth-order valence-corrected chi connectivity index (χ4v) is 3.53. The van der Waals surface area contributed by atoms with Crippen LogP contribution in [0.15, 0.2) is 51.4 Å². The Kier molecular flexibility index (Phi) is 7.39. The summed E-state index contributed by atoms with van der Waals surface area (Å²) in [6.07, 6.45) is 0.764. The molecule has 5 heteroatoms. The first-order valence-corrected chi connectivity index (χ1v) is 8.75. The predicted octanol–water partition coefficient (Wildman–Crippen LogP) is 4.26. The highest BCUT2D eigenvalue weighted by molar-refractivity contribution is 9.11. The number of nitrogens with one attached hydrogen (secondary N) is 1. The standard InChI is InChI=1S/C17H19Br2NO2/c18-15-9-14(11-20-7-4-8-21)10-16(19)17(15)22-12-13-5-2-1-3-6-13/h1-3,5-6,9-10,20-21H,4,7-8,11-12H2. The van der Waals surface area contributed by atoms with E-state index in [1.807, 2.05) is 30.3 Å². The van der Waals surface area contributed by atoms with Gasteiger partial charge in [-0.3, -0.25) is 0 Å².